The van der Waals surface area contributed by atoms with E-state index in [0.717, 1.165) is 35.7 Å². The predicted molar refractivity (Wildman–Crippen MR) is 80.7 cm³/mol. The van der Waals surface area contributed by atoms with Crippen LogP contribution >= 0.6 is 15.9 Å². The second-order valence-electron chi connectivity index (χ2n) is 5.43. The van der Waals surface area contributed by atoms with Crippen molar-refractivity contribution in [3.63, 3.8) is 0 Å². The number of hydrogen-bond donors (Lipinski definition) is 2. The molecular formula is C15H21BrN2O. The Morgan fingerprint density at radius 1 is 1.32 bits per heavy atom. The first-order chi connectivity index (χ1) is 9.03. The van der Waals surface area contributed by atoms with Crippen LogP contribution in [0.1, 0.15) is 50.6 Å². The minimum atomic E-state index is -0.673. The van der Waals surface area contributed by atoms with Gasteiger partial charge in [0.05, 0.1) is 11.6 Å². The molecule has 0 aromatic heterocycles. The largest absolute Gasteiger partial charge is 0.348 e. The van der Waals surface area contributed by atoms with Crippen LogP contribution in [-0.4, -0.2) is 11.4 Å². The van der Waals surface area contributed by atoms with E-state index in [-0.39, 0.29) is 11.9 Å². The Bertz CT molecular complexity index is 455. The number of carbonyl (C=O) groups excluding carboxylic acids is 1. The molecule has 1 amide bonds. The average Bonchev–Trinajstić information content (AvgIpc) is 2.40. The Morgan fingerprint density at radius 2 is 1.95 bits per heavy atom. The molecule has 0 saturated heterocycles. The fourth-order valence-electron chi connectivity index (χ4n) is 2.65. The van der Waals surface area contributed by atoms with E-state index in [4.69, 9.17) is 5.73 Å². The zero-order valence-electron chi connectivity index (χ0n) is 11.3. The van der Waals surface area contributed by atoms with Gasteiger partial charge in [0, 0.05) is 4.47 Å². The number of nitrogens with one attached hydrogen (secondary N) is 1. The lowest BCUT2D eigenvalue weighted by Gasteiger charge is -2.33. The average molecular weight is 325 g/mol. The van der Waals surface area contributed by atoms with Crippen LogP contribution in [0.3, 0.4) is 0 Å². The standard InChI is InChI=1S/C15H21BrN2O/c1-11(12-7-3-4-8-13(12)16)18-14(19)15(17)9-5-2-6-10-15/h3-4,7-8,11H,2,5-6,9-10,17H2,1H3,(H,18,19)/t11-/m1/s1. The molecule has 4 heteroatoms. The quantitative estimate of drug-likeness (QED) is 0.896. The van der Waals surface area contributed by atoms with E-state index in [1.807, 2.05) is 31.2 Å². The summed E-state index contributed by atoms with van der Waals surface area (Å²) in [5, 5.41) is 3.05. The van der Waals surface area contributed by atoms with E-state index in [1.54, 1.807) is 0 Å². The molecule has 0 aliphatic heterocycles. The Labute approximate surface area is 123 Å². The highest BCUT2D eigenvalue weighted by molar-refractivity contribution is 9.10. The lowest BCUT2D eigenvalue weighted by Crippen LogP contribution is -2.55. The van der Waals surface area contributed by atoms with Crippen molar-refractivity contribution in [1.82, 2.24) is 5.32 Å². The number of hydrogen-bond acceptors (Lipinski definition) is 2. The Hall–Kier alpha value is -0.870. The molecule has 0 bridgehead atoms. The van der Waals surface area contributed by atoms with Gasteiger partial charge >= 0.3 is 0 Å². The molecule has 0 unspecified atom stereocenters. The van der Waals surface area contributed by atoms with Gasteiger partial charge in [-0.05, 0) is 31.4 Å². The van der Waals surface area contributed by atoms with E-state index in [2.05, 4.69) is 21.2 Å². The second kappa shape index (κ2) is 6.06. The summed E-state index contributed by atoms with van der Waals surface area (Å²) in [6, 6.07) is 7.90. The van der Waals surface area contributed by atoms with E-state index >= 15 is 0 Å². The molecule has 1 fully saturated rings. The highest BCUT2D eigenvalue weighted by atomic mass is 79.9. The molecule has 3 nitrogen and oxygen atoms in total. The fourth-order valence-corrected chi connectivity index (χ4v) is 3.28. The first kappa shape index (κ1) is 14.5. The molecule has 3 N–H and O–H groups in total. The summed E-state index contributed by atoms with van der Waals surface area (Å²) >= 11 is 3.51. The van der Waals surface area contributed by atoms with Crippen molar-refractivity contribution in [2.24, 2.45) is 5.73 Å². The lowest BCUT2D eigenvalue weighted by molar-refractivity contribution is -0.128. The Morgan fingerprint density at radius 3 is 2.58 bits per heavy atom. The molecule has 104 valence electrons. The van der Waals surface area contributed by atoms with Crippen LogP contribution < -0.4 is 11.1 Å². The van der Waals surface area contributed by atoms with Crippen molar-refractivity contribution >= 4 is 21.8 Å². The molecule has 1 aromatic carbocycles. The van der Waals surface area contributed by atoms with Crippen molar-refractivity contribution in [2.75, 3.05) is 0 Å². The zero-order valence-corrected chi connectivity index (χ0v) is 12.9. The van der Waals surface area contributed by atoms with E-state index in [0.29, 0.717) is 0 Å². The number of amides is 1. The third-order valence-electron chi connectivity index (χ3n) is 3.92. The van der Waals surface area contributed by atoms with Crippen LogP contribution in [0.4, 0.5) is 0 Å². The Balaban J connectivity index is 2.04. The van der Waals surface area contributed by atoms with Gasteiger partial charge in [-0.1, -0.05) is 53.4 Å². The highest BCUT2D eigenvalue weighted by Gasteiger charge is 2.35. The first-order valence-corrected chi connectivity index (χ1v) is 7.66. The normalized spacial score (nSPS) is 19.7. The van der Waals surface area contributed by atoms with Crippen LogP contribution in [0.2, 0.25) is 0 Å². The number of carbonyl (C=O) groups is 1. The molecule has 1 aliphatic rings. The van der Waals surface area contributed by atoms with Crippen molar-refractivity contribution in [3.8, 4) is 0 Å². The minimum Gasteiger partial charge on any atom is -0.348 e. The lowest BCUT2D eigenvalue weighted by atomic mass is 9.81. The maximum absolute atomic E-state index is 12.4. The van der Waals surface area contributed by atoms with Gasteiger partial charge < -0.3 is 11.1 Å². The summed E-state index contributed by atoms with van der Waals surface area (Å²) in [5.74, 6) is -0.0181. The number of rotatable bonds is 3. The molecule has 2 rings (SSSR count). The molecular weight excluding hydrogens is 304 g/mol. The summed E-state index contributed by atoms with van der Waals surface area (Å²) in [7, 11) is 0. The van der Waals surface area contributed by atoms with Gasteiger partial charge in [0.1, 0.15) is 0 Å². The maximum Gasteiger partial charge on any atom is 0.240 e. The van der Waals surface area contributed by atoms with Crippen LogP contribution in [-0.2, 0) is 4.79 Å². The maximum atomic E-state index is 12.4. The first-order valence-electron chi connectivity index (χ1n) is 6.87. The summed E-state index contributed by atoms with van der Waals surface area (Å²) in [6.45, 7) is 1.99. The van der Waals surface area contributed by atoms with Gasteiger partial charge in [-0.3, -0.25) is 4.79 Å². The second-order valence-corrected chi connectivity index (χ2v) is 6.29. The van der Waals surface area contributed by atoms with E-state index in [1.165, 1.54) is 6.42 Å². The van der Waals surface area contributed by atoms with Crippen molar-refractivity contribution in [3.05, 3.63) is 34.3 Å². The number of benzene rings is 1. The topological polar surface area (TPSA) is 55.1 Å². The zero-order chi connectivity index (χ0) is 13.9. The SMILES string of the molecule is C[C@@H](NC(=O)C1(N)CCCCC1)c1ccccc1Br. The molecule has 19 heavy (non-hydrogen) atoms. The predicted octanol–water partition coefficient (Wildman–Crippen LogP) is 3.29. The van der Waals surface area contributed by atoms with Crippen LogP contribution in [0, 0.1) is 0 Å². The molecule has 1 atom stereocenters. The molecule has 0 radical (unpaired) electrons. The summed E-state index contributed by atoms with van der Waals surface area (Å²) in [5.41, 5.74) is 6.65. The molecule has 0 heterocycles. The van der Waals surface area contributed by atoms with Gasteiger partial charge in [0.15, 0.2) is 0 Å². The minimum absolute atomic E-state index is 0.0181. The molecule has 1 aromatic rings. The van der Waals surface area contributed by atoms with Gasteiger partial charge in [-0.25, -0.2) is 0 Å². The summed E-state index contributed by atoms with van der Waals surface area (Å²) in [4.78, 5) is 12.4. The van der Waals surface area contributed by atoms with Crippen molar-refractivity contribution in [2.45, 2.75) is 50.6 Å². The van der Waals surface area contributed by atoms with Crippen molar-refractivity contribution in [1.29, 1.82) is 0 Å². The van der Waals surface area contributed by atoms with Gasteiger partial charge in [0.2, 0.25) is 5.91 Å². The van der Waals surface area contributed by atoms with Crippen LogP contribution in [0.5, 0.6) is 0 Å². The smallest absolute Gasteiger partial charge is 0.240 e. The van der Waals surface area contributed by atoms with E-state index < -0.39 is 5.54 Å². The molecule has 0 spiro atoms. The number of halogens is 1. The van der Waals surface area contributed by atoms with Gasteiger partial charge in [-0.2, -0.15) is 0 Å². The van der Waals surface area contributed by atoms with Gasteiger partial charge in [-0.15, -0.1) is 0 Å². The third-order valence-corrected chi connectivity index (χ3v) is 4.64. The van der Waals surface area contributed by atoms with Crippen LogP contribution in [0.25, 0.3) is 0 Å². The van der Waals surface area contributed by atoms with Crippen LogP contribution in [0.15, 0.2) is 28.7 Å². The van der Waals surface area contributed by atoms with Gasteiger partial charge in [0.25, 0.3) is 0 Å². The van der Waals surface area contributed by atoms with E-state index in [9.17, 15) is 4.79 Å². The highest BCUT2D eigenvalue weighted by Crippen LogP contribution is 2.28. The monoisotopic (exact) mass is 324 g/mol. The third kappa shape index (κ3) is 3.37. The Kier molecular flexibility index (Phi) is 4.63. The fraction of sp³-hybridized carbons (Fsp3) is 0.533. The van der Waals surface area contributed by atoms with Crippen molar-refractivity contribution < 1.29 is 4.79 Å². The number of nitrogens with two attached hydrogens (primary N) is 1. The molecule has 1 saturated carbocycles. The molecule has 1 aliphatic carbocycles. The summed E-state index contributed by atoms with van der Waals surface area (Å²) < 4.78 is 1.01. The summed E-state index contributed by atoms with van der Waals surface area (Å²) in [6.07, 6.45) is 4.87.